The van der Waals surface area contributed by atoms with E-state index in [1.807, 2.05) is 0 Å². The van der Waals surface area contributed by atoms with Crippen LogP contribution in [0.1, 0.15) is 13.3 Å². The van der Waals surface area contributed by atoms with Gasteiger partial charge in [-0.2, -0.15) is 0 Å². The minimum Gasteiger partial charge on any atom is -0.344 e. The van der Waals surface area contributed by atoms with Crippen LogP contribution in [-0.2, 0) is 4.79 Å². The highest BCUT2D eigenvalue weighted by Crippen LogP contribution is 2.14. The fourth-order valence-corrected chi connectivity index (χ4v) is 2.05. The molecule has 0 bridgehead atoms. The Morgan fingerprint density at radius 2 is 2.40 bits per heavy atom. The summed E-state index contributed by atoms with van der Waals surface area (Å²) in [4.78, 5) is 13.5. The number of piperidine rings is 1. The summed E-state index contributed by atoms with van der Waals surface area (Å²) in [5.41, 5.74) is 5.89. The molecule has 0 aromatic rings. The Morgan fingerprint density at radius 3 is 3.00 bits per heavy atom. The summed E-state index contributed by atoms with van der Waals surface area (Å²) in [6.07, 6.45) is 6.10. The molecule has 2 unspecified atom stereocenters. The molecule has 0 aliphatic carbocycles. The highest BCUT2D eigenvalue weighted by Gasteiger charge is 2.23. The van der Waals surface area contributed by atoms with Gasteiger partial charge < -0.3 is 11.1 Å². The Bertz CT molecular complexity index is 249. The van der Waals surface area contributed by atoms with Crippen molar-refractivity contribution in [2.75, 3.05) is 26.2 Å². The first-order chi connectivity index (χ1) is 7.11. The summed E-state index contributed by atoms with van der Waals surface area (Å²) in [6, 6.07) is 0.189. The zero-order chi connectivity index (χ0) is 11.3. The molecule has 84 valence electrons. The minimum atomic E-state index is -0.0192. The van der Waals surface area contributed by atoms with Gasteiger partial charge in [0.15, 0.2) is 0 Å². The van der Waals surface area contributed by atoms with Gasteiger partial charge in [0.1, 0.15) is 0 Å². The Morgan fingerprint density at radius 1 is 1.67 bits per heavy atom. The fraction of sp³-hybridized carbons (Fsp3) is 0.727. The summed E-state index contributed by atoms with van der Waals surface area (Å²) in [7, 11) is 0. The number of likely N-dealkylation sites (tertiary alicyclic amines) is 1. The van der Waals surface area contributed by atoms with E-state index in [1.165, 1.54) is 0 Å². The number of nitrogens with one attached hydrogen (secondary N) is 1. The Balaban J connectivity index is 2.31. The number of carbonyl (C=O) groups is 1. The third-order valence-electron chi connectivity index (χ3n) is 2.52. The number of hydrogen-bond acceptors (Lipinski definition) is 3. The number of rotatable bonds is 3. The molecule has 1 aliphatic heterocycles. The zero-order valence-corrected chi connectivity index (χ0v) is 9.20. The molecule has 0 saturated carbocycles. The molecule has 15 heavy (non-hydrogen) atoms. The molecule has 1 amide bonds. The van der Waals surface area contributed by atoms with Crippen LogP contribution in [0.5, 0.6) is 0 Å². The predicted octanol–water partition coefficient (Wildman–Crippen LogP) is -0.595. The number of amides is 1. The molecule has 0 radical (unpaired) electrons. The molecule has 1 fully saturated rings. The van der Waals surface area contributed by atoms with Gasteiger partial charge in [-0.05, 0) is 12.3 Å². The lowest BCUT2D eigenvalue weighted by atomic mass is 9.97. The molecule has 0 aromatic heterocycles. The number of nitrogens with zero attached hydrogens (tertiary/aromatic N) is 1. The molecule has 3 N–H and O–H groups in total. The van der Waals surface area contributed by atoms with Crippen molar-refractivity contribution >= 4 is 5.91 Å². The van der Waals surface area contributed by atoms with Crippen molar-refractivity contribution in [3.05, 3.63) is 0 Å². The molecular weight excluding hydrogens is 190 g/mol. The molecular formula is C11H19N3O. The van der Waals surface area contributed by atoms with Crippen LogP contribution in [-0.4, -0.2) is 43.0 Å². The fourth-order valence-electron chi connectivity index (χ4n) is 2.05. The first-order valence-electron chi connectivity index (χ1n) is 5.30. The van der Waals surface area contributed by atoms with Crippen LogP contribution in [0, 0.1) is 18.3 Å². The normalized spacial score (nSPS) is 27.0. The standard InChI is InChI=1S/C11H19N3O/c1-3-4-13-11(15)8-14-6-9(2)5-10(12)7-14/h1,9-10H,4-8,12H2,2H3,(H,13,15). The molecule has 1 aliphatic rings. The second-order valence-electron chi connectivity index (χ2n) is 4.28. The Hall–Kier alpha value is -1.05. The van der Waals surface area contributed by atoms with Crippen molar-refractivity contribution in [1.29, 1.82) is 0 Å². The highest BCUT2D eigenvalue weighted by molar-refractivity contribution is 5.78. The zero-order valence-electron chi connectivity index (χ0n) is 9.20. The van der Waals surface area contributed by atoms with E-state index in [0.29, 0.717) is 19.0 Å². The van der Waals surface area contributed by atoms with E-state index in [1.54, 1.807) is 0 Å². The van der Waals surface area contributed by atoms with Crippen LogP contribution in [0.15, 0.2) is 0 Å². The molecule has 4 nitrogen and oxygen atoms in total. The second kappa shape index (κ2) is 5.74. The first-order valence-corrected chi connectivity index (χ1v) is 5.30. The summed E-state index contributed by atoms with van der Waals surface area (Å²) in [5.74, 6) is 2.92. The quantitative estimate of drug-likeness (QED) is 0.611. The summed E-state index contributed by atoms with van der Waals surface area (Å²) < 4.78 is 0. The molecule has 2 atom stereocenters. The first kappa shape index (κ1) is 12.0. The minimum absolute atomic E-state index is 0.0192. The van der Waals surface area contributed by atoms with Crippen molar-refractivity contribution in [1.82, 2.24) is 10.2 Å². The molecule has 1 rings (SSSR count). The van der Waals surface area contributed by atoms with Gasteiger partial charge in [0.25, 0.3) is 0 Å². The molecule has 1 saturated heterocycles. The van der Waals surface area contributed by atoms with E-state index in [9.17, 15) is 4.79 Å². The maximum absolute atomic E-state index is 11.4. The van der Waals surface area contributed by atoms with Gasteiger partial charge in [0.05, 0.1) is 13.1 Å². The average Bonchev–Trinajstić information content (AvgIpc) is 2.13. The van der Waals surface area contributed by atoms with E-state index in [2.05, 4.69) is 23.1 Å². The van der Waals surface area contributed by atoms with Crippen molar-refractivity contribution in [3.8, 4) is 12.3 Å². The van der Waals surface area contributed by atoms with Gasteiger partial charge in [-0.25, -0.2) is 0 Å². The molecule has 0 aromatic carbocycles. The van der Waals surface area contributed by atoms with Crippen molar-refractivity contribution in [3.63, 3.8) is 0 Å². The van der Waals surface area contributed by atoms with Crippen molar-refractivity contribution < 1.29 is 4.79 Å². The monoisotopic (exact) mass is 209 g/mol. The van der Waals surface area contributed by atoms with Crippen LogP contribution in [0.4, 0.5) is 0 Å². The lowest BCUT2D eigenvalue weighted by Gasteiger charge is -2.34. The van der Waals surface area contributed by atoms with Gasteiger partial charge in [0, 0.05) is 19.1 Å². The van der Waals surface area contributed by atoms with Gasteiger partial charge in [-0.1, -0.05) is 12.8 Å². The number of terminal acetylenes is 1. The van der Waals surface area contributed by atoms with Crippen LogP contribution in [0.2, 0.25) is 0 Å². The summed E-state index contributed by atoms with van der Waals surface area (Å²) >= 11 is 0. The Kier molecular flexibility index (Phi) is 4.60. The molecule has 4 heteroatoms. The van der Waals surface area contributed by atoms with E-state index in [0.717, 1.165) is 19.5 Å². The maximum Gasteiger partial charge on any atom is 0.234 e. The number of nitrogens with two attached hydrogens (primary N) is 1. The van der Waals surface area contributed by atoms with Gasteiger partial charge in [-0.15, -0.1) is 6.42 Å². The topological polar surface area (TPSA) is 58.4 Å². The third kappa shape index (κ3) is 4.32. The Labute approximate surface area is 91.2 Å². The van der Waals surface area contributed by atoms with Gasteiger partial charge >= 0.3 is 0 Å². The molecule has 1 heterocycles. The second-order valence-corrected chi connectivity index (χ2v) is 4.28. The van der Waals surface area contributed by atoms with Crippen LogP contribution < -0.4 is 11.1 Å². The highest BCUT2D eigenvalue weighted by atomic mass is 16.2. The number of hydrogen-bond donors (Lipinski definition) is 2. The number of carbonyl (C=O) groups excluding carboxylic acids is 1. The van der Waals surface area contributed by atoms with Crippen LogP contribution in [0.25, 0.3) is 0 Å². The third-order valence-corrected chi connectivity index (χ3v) is 2.52. The average molecular weight is 209 g/mol. The van der Waals surface area contributed by atoms with Crippen molar-refractivity contribution in [2.45, 2.75) is 19.4 Å². The lowest BCUT2D eigenvalue weighted by molar-refractivity contribution is -0.122. The van der Waals surface area contributed by atoms with Crippen LogP contribution >= 0.6 is 0 Å². The van der Waals surface area contributed by atoms with E-state index in [4.69, 9.17) is 12.2 Å². The summed E-state index contributed by atoms with van der Waals surface area (Å²) in [5, 5.41) is 2.65. The maximum atomic E-state index is 11.4. The van der Waals surface area contributed by atoms with E-state index >= 15 is 0 Å². The largest absolute Gasteiger partial charge is 0.344 e. The smallest absolute Gasteiger partial charge is 0.234 e. The lowest BCUT2D eigenvalue weighted by Crippen LogP contribution is -2.49. The van der Waals surface area contributed by atoms with Gasteiger partial charge in [0.2, 0.25) is 5.91 Å². The van der Waals surface area contributed by atoms with E-state index < -0.39 is 0 Å². The van der Waals surface area contributed by atoms with Crippen LogP contribution in [0.3, 0.4) is 0 Å². The predicted molar refractivity (Wildman–Crippen MR) is 60.0 cm³/mol. The van der Waals surface area contributed by atoms with Crippen molar-refractivity contribution in [2.24, 2.45) is 11.7 Å². The summed E-state index contributed by atoms with van der Waals surface area (Å²) in [6.45, 7) is 4.60. The van der Waals surface area contributed by atoms with Gasteiger partial charge in [-0.3, -0.25) is 9.69 Å². The SMILES string of the molecule is C#CCNC(=O)CN1CC(C)CC(N)C1. The van der Waals surface area contributed by atoms with E-state index in [-0.39, 0.29) is 11.9 Å². The molecule has 0 spiro atoms.